The van der Waals surface area contributed by atoms with Crippen LogP contribution in [0, 0.1) is 11.6 Å². The minimum atomic E-state index is -1.56. The van der Waals surface area contributed by atoms with Gasteiger partial charge in [-0.2, -0.15) is 0 Å². The van der Waals surface area contributed by atoms with Crippen LogP contribution in [0.2, 0.25) is 10.0 Å². The smallest absolute Gasteiger partial charge is 0.175 e. The number of anilines is 4. The number of aromatic amines is 2. The number of benzene rings is 4. The lowest BCUT2D eigenvalue weighted by atomic mass is 10.0. The van der Waals surface area contributed by atoms with E-state index in [0.29, 0.717) is 33.2 Å². The molecule has 0 saturated carbocycles. The molecule has 42 heavy (non-hydrogen) atoms. The van der Waals surface area contributed by atoms with Crippen LogP contribution < -0.4 is 10.6 Å². The van der Waals surface area contributed by atoms with Gasteiger partial charge in [-0.3, -0.25) is 4.79 Å². The lowest BCUT2D eigenvalue weighted by Gasteiger charge is -2.18. The number of aromatic nitrogens is 4. The Labute approximate surface area is 262 Å². The highest BCUT2D eigenvalue weighted by atomic mass is 79.9. The van der Waals surface area contributed by atoms with Crippen LogP contribution in [0.3, 0.4) is 0 Å². The summed E-state index contributed by atoms with van der Waals surface area (Å²) in [5.41, 5.74) is 0.883. The van der Waals surface area contributed by atoms with E-state index in [9.17, 15) is 9.90 Å². The molecule has 6 rings (SSSR count). The molecule has 212 valence electrons. The van der Waals surface area contributed by atoms with E-state index in [4.69, 9.17) is 23.2 Å². The van der Waals surface area contributed by atoms with Gasteiger partial charge in [-0.25, -0.2) is 18.7 Å². The zero-order valence-corrected chi connectivity index (χ0v) is 25.6. The van der Waals surface area contributed by atoms with Gasteiger partial charge in [0.15, 0.2) is 17.9 Å². The Morgan fingerprint density at radius 2 is 1.50 bits per heavy atom. The highest BCUT2D eigenvalue weighted by Crippen LogP contribution is 2.39. The third-order valence-electron chi connectivity index (χ3n) is 6.51. The standard InChI is InChI=1S/C28H16Br2Cl2F2N6O2/c29-12-1-3-17(15(31)6-12)37-23-11(9-41)5-20-26(21(23)33)40-28(39-20)27(42)14-8-19-25(36-10-35-19)22(34)24(14)38-18-4-2-13(30)7-16(18)32/h1-10,27,37-38,42H,(H,35,36)(H,39,40). The van der Waals surface area contributed by atoms with Crippen LogP contribution in [0.4, 0.5) is 31.5 Å². The number of nitrogens with one attached hydrogen (secondary N) is 4. The van der Waals surface area contributed by atoms with E-state index in [0.717, 1.165) is 8.95 Å². The average molecular weight is 737 g/mol. The number of H-pyrrole nitrogens is 2. The number of hydrogen-bond donors (Lipinski definition) is 5. The zero-order valence-electron chi connectivity index (χ0n) is 20.9. The summed E-state index contributed by atoms with van der Waals surface area (Å²) in [6.07, 6.45) is 0.247. The molecule has 0 spiro atoms. The fraction of sp³-hybridized carbons (Fsp3) is 0.0357. The number of imidazole rings is 2. The Morgan fingerprint density at radius 3 is 2.12 bits per heavy atom. The molecule has 0 bridgehead atoms. The van der Waals surface area contributed by atoms with E-state index >= 15 is 8.78 Å². The summed E-state index contributed by atoms with van der Waals surface area (Å²) in [6.45, 7) is 0. The first-order chi connectivity index (χ1) is 20.1. The Bertz CT molecular complexity index is 2030. The maximum Gasteiger partial charge on any atom is 0.175 e. The highest BCUT2D eigenvalue weighted by molar-refractivity contribution is 9.10. The molecule has 2 aromatic heterocycles. The van der Waals surface area contributed by atoms with Crippen LogP contribution in [-0.4, -0.2) is 31.3 Å². The maximum atomic E-state index is 15.8. The quantitative estimate of drug-likeness (QED) is 0.105. The summed E-state index contributed by atoms with van der Waals surface area (Å²) in [7, 11) is 0. The second kappa shape index (κ2) is 11.3. The molecule has 14 heteroatoms. The van der Waals surface area contributed by atoms with Crippen LogP contribution in [-0.2, 0) is 0 Å². The minimum absolute atomic E-state index is 0.0131. The number of rotatable bonds is 7. The molecule has 0 fully saturated rings. The minimum Gasteiger partial charge on any atom is -0.380 e. The van der Waals surface area contributed by atoms with Gasteiger partial charge in [-0.15, -0.1) is 0 Å². The van der Waals surface area contributed by atoms with Crippen molar-refractivity contribution in [2.75, 3.05) is 10.6 Å². The summed E-state index contributed by atoms with van der Waals surface area (Å²) >= 11 is 19.3. The fourth-order valence-corrected chi connectivity index (χ4v) is 5.94. The summed E-state index contributed by atoms with van der Waals surface area (Å²) in [5.74, 6) is -1.69. The van der Waals surface area contributed by atoms with Gasteiger partial charge in [0.2, 0.25) is 0 Å². The number of aldehydes is 1. The van der Waals surface area contributed by atoms with Gasteiger partial charge < -0.3 is 25.7 Å². The van der Waals surface area contributed by atoms with Crippen LogP contribution in [0.15, 0.2) is 63.8 Å². The Kier molecular flexibility index (Phi) is 7.66. The van der Waals surface area contributed by atoms with Crippen molar-refractivity contribution in [2.45, 2.75) is 6.10 Å². The molecular formula is C28H16Br2Cl2F2N6O2. The van der Waals surface area contributed by atoms with E-state index in [-0.39, 0.29) is 44.9 Å². The van der Waals surface area contributed by atoms with Crippen molar-refractivity contribution in [1.29, 1.82) is 0 Å². The van der Waals surface area contributed by atoms with Gasteiger partial charge in [0, 0.05) is 20.1 Å². The van der Waals surface area contributed by atoms with Crippen molar-refractivity contribution in [3.05, 3.63) is 102 Å². The van der Waals surface area contributed by atoms with Crippen LogP contribution >= 0.6 is 55.1 Å². The zero-order chi connectivity index (χ0) is 29.7. The lowest BCUT2D eigenvalue weighted by molar-refractivity contribution is 0.112. The molecule has 0 saturated heterocycles. The molecule has 4 aromatic carbocycles. The van der Waals surface area contributed by atoms with Crippen molar-refractivity contribution >= 4 is 106 Å². The van der Waals surface area contributed by atoms with Gasteiger partial charge in [-0.05, 0) is 48.5 Å². The van der Waals surface area contributed by atoms with Crippen molar-refractivity contribution in [1.82, 2.24) is 19.9 Å². The van der Waals surface area contributed by atoms with Gasteiger partial charge in [0.1, 0.15) is 23.0 Å². The predicted octanol–water partition coefficient (Wildman–Crippen LogP) is 8.93. The van der Waals surface area contributed by atoms with Crippen molar-refractivity contribution in [3.63, 3.8) is 0 Å². The molecule has 1 unspecified atom stereocenters. The third-order valence-corrected chi connectivity index (χ3v) is 8.12. The molecular weight excluding hydrogens is 721 g/mol. The Morgan fingerprint density at radius 1 is 0.881 bits per heavy atom. The molecule has 6 aromatic rings. The molecule has 0 aliphatic carbocycles. The summed E-state index contributed by atoms with van der Waals surface area (Å²) in [4.78, 5) is 25.9. The second-order valence-electron chi connectivity index (χ2n) is 9.15. The second-order valence-corrected chi connectivity index (χ2v) is 11.8. The monoisotopic (exact) mass is 734 g/mol. The topological polar surface area (TPSA) is 119 Å². The van der Waals surface area contributed by atoms with E-state index < -0.39 is 17.7 Å². The van der Waals surface area contributed by atoms with Gasteiger partial charge >= 0.3 is 0 Å². The van der Waals surface area contributed by atoms with E-state index in [1.165, 1.54) is 18.5 Å². The fourth-order valence-electron chi connectivity index (χ4n) is 4.50. The molecule has 0 radical (unpaired) electrons. The summed E-state index contributed by atoms with van der Waals surface area (Å²) in [6, 6.07) is 12.8. The van der Waals surface area contributed by atoms with Gasteiger partial charge in [0.25, 0.3) is 0 Å². The first kappa shape index (κ1) is 28.6. The highest BCUT2D eigenvalue weighted by Gasteiger charge is 2.26. The molecule has 0 aliphatic heterocycles. The summed E-state index contributed by atoms with van der Waals surface area (Å²) in [5, 5.41) is 17.9. The van der Waals surface area contributed by atoms with Gasteiger partial charge in [0.05, 0.1) is 50.2 Å². The number of nitrogens with zero attached hydrogens (tertiary/aromatic N) is 2. The molecule has 8 nitrogen and oxygen atoms in total. The van der Waals surface area contributed by atoms with Crippen LogP contribution in [0.25, 0.3) is 22.1 Å². The number of hydrogen-bond acceptors (Lipinski definition) is 6. The Balaban J connectivity index is 1.45. The molecule has 0 amide bonds. The normalized spacial score (nSPS) is 12.2. The number of aliphatic hydroxyl groups is 1. The van der Waals surface area contributed by atoms with E-state index in [2.05, 4.69) is 62.4 Å². The number of halogens is 6. The first-order valence-corrected chi connectivity index (χ1v) is 14.4. The van der Waals surface area contributed by atoms with Crippen LogP contribution in [0.5, 0.6) is 0 Å². The number of carbonyl (C=O) groups is 1. The van der Waals surface area contributed by atoms with E-state index in [1.54, 1.807) is 36.4 Å². The number of aliphatic hydroxyl groups excluding tert-OH is 1. The lowest BCUT2D eigenvalue weighted by Crippen LogP contribution is -2.08. The van der Waals surface area contributed by atoms with Crippen molar-refractivity contribution < 1.29 is 18.7 Å². The van der Waals surface area contributed by atoms with Crippen molar-refractivity contribution in [2.24, 2.45) is 0 Å². The summed E-state index contributed by atoms with van der Waals surface area (Å²) < 4.78 is 33.0. The Hall–Kier alpha value is -3.55. The average Bonchev–Trinajstić information content (AvgIpc) is 3.61. The van der Waals surface area contributed by atoms with E-state index in [1.807, 2.05) is 0 Å². The van der Waals surface area contributed by atoms with Gasteiger partial charge in [-0.1, -0.05) is 55.1 Å². The molecule has 1 atom stereocenters. The number of fused-ring (bicyclic) bond motifs is 2. The molecule has 2 heterocycles. The van der Waals surface area contributed by atoms with Crippen molar-refractivity contribution in [3.8, 4) is 0 Å². The first-order valence-electron chi connectivity index (χ1n) is 12.1. The molecule has 0 aliphatic rings. The predicted molar refractivity (Wildman–Crippen MR) is 166 cm³/mol. The third kappa shape index (κ3) is 5.13. The maximum absolute atomic E-state index is 15.8. The SMILES string of the molecule is O=Cc1cc2[nH]c(C(O)c3cc4[nH]cnc4c(F)c3Nc3ccc(Br)cc3Cl)nc2c(F)c1Nc1ccc(Br)cc1Cl. The largest absolute Gasteiger partial charge is 0.380 e. The molecule has 5 N–H and O–H groups in total. The van der Waals surface area contributed by atoms with Crippen LogP contribution in [0.1, 0.15) is 27.8 Å². The number of carbonyl (C=O) groups excluding carboxylic acids is 1.